The van der Waals surface area contributed by atoms with Crippen LogP contribution in [0.2, 0.25) is 0 Å². The molecule has 3 amide bonds. The van der Waals surface area contributed by atoms with Gasteiger partial charge in [-0.05, 0) is 36.1 Å². The molecule has 2 aromatic rings. The number of nitrogens with one attached hydrogen (secondary N) is 1. The normalized spacial score (nSPS) is 17.6. The number of carbonyl (C=O) groups excluding carboxylic acids is 3. The van der Waals surface area contributed by atoms with Gasteiger partial charge in [0, 0.05) is 36.6 Å². The lowest BCUT2D eigenvalue weighted by atomic mass is 10.1. The molecule has 3 heterocycles. The number of fused-ring (bicyclic) bond motifs is 1. The summed E-state index contributed by atoms with van der Waals surface area (Å²) in [6, 6.07) is 8.94. The van der Waals surface area contributed by atoms with Gasteiger partial charge in [0.05, 0.1) is 30.4 Å². The van der Waals surface area contributed by atoms with Crippen molar-refractivity contribution in [2.45, 2.75) is 25.8 Å². The van der Waals surface area contributed by atoms with Crippen LogP contribution in [0.15, 0.2) is 35.7 Å². The number of imide groups is 1. The molecule has 1 saturated heterocycles. The van der Waals surface area contributed by atoms with Crippen molar-refractivity contribution in [2.75, 3.05) is 39.4 Å². The Morgan fingerprint density at radius 1 is 1.16 bits per heavy atom. The zero-order chi connectivity index (χ0) is 21.8. The quantitative estimate of drug-likeness (QED) is 0.638. The SMILES string of the molecule is CCCCN1C(=O)c2ccc(C(=O)NC[C@@H](c3cccs3)N3CCOCC3)cc2C1=O. The number of amides is 3. The van der Waals surface area contributed by atoms with Crippen molar-refractivity contribution in [3.8, 4) is 0 Å². The van der Waals surface area contributed by atoms with E-state index < -0.39 is 0 Å². The first-order valence-corrected chi connectivity index (χ1v) is 11.6. The van der Waals surface area contributed by atoms with Crippen LogP contribution in [0, 0.1) is 0 Å². The number of rotatable bonds is 8. The minimum absolute atomic E-state index is 0.0787. The Labute approximate surface area is 186 Å². The monoisotopic (exact) mass is 441 g/mol. The van der Waals surface area contributed by atoms with Crippen LogP contribution in [-0.4, -0.2) is 66.9 Å². The van der Waals surface area contributed by atoms with Crippen LogP contribution in [0.3, 0.4) is 0 Å². The fourth-order valence-corrected chi connectivity index (χ4v) is 4.88. The highest BCUT2D eigenvalue weighted by Crippen LogP contribution is 2.27. The zero-order valence-electron chi connectivity index (χ0n) is 17.6. The maximum absolute atomic E-state index is 12.9. The Morgan fingerprint density at radius 2 is 1.94 bits per heavy atom. The number of benzene rings is 1. The van der Waals surface area contributed by atoms with Gasteiger partial charge in [0.15, 0.2) is 0 Å². The second kappa shape index (κ2) is 9.72. The molecular formula is C23H27N3O4S. The lowest BCUT2D eigenvalue weighted by molar-refractivity contribution is 0.0169. The summed E-state index contributed by atoms with van der Waals surface area (Å²) in [5.74, 6) is -0.830. The van der Waals surface area contributed by atoms with E-state index in [1.54, 1.807) is 29.5 Å². The van der Waals surface area contributed by atoms with Crippen molar-refractivity contribution in [2.24, 2.45) is 0 Å². The number of morpholine rings is 1. The molecule has 2 aliphatic rings. The molecule has 164 valence electrons. The van der Waals surface area contributed by atoms with Gasteiger partial charge in [0.2, 0.25) is 0 Å². The third kappa shape index (κ3) is 4.56. The van der Waals surface area contributed by atoms with Crippen molar-refractivity contribution < 1.29 is 19.1 Å². The number of unbranched alkanes of at least 4 members (excludes halogenated alkanes) is 1. The Morgan fingerprint density at radius 3 is 2.65 bits per heavy atom. The number of hydrogen-bond donors (Lipinski definition) is 1. The van der Waals surface area contributed by atoms with Crippen molar-refractivity contribution in [1.29, 1.82) is 0 Å². The minimum atomic E-state index is -0.312. The topological polar surface area (TPSA) is 79.0 Å². The summed E-state index contributed by atoms with van der Waals surface area (Å²) >= 11 is 1.67. The van der Waals surface area contributed by atoms with Crippen LogP contribution in [-0.2, 0) is 4.74 Å². The summed E-state index contributed by atoms with van der Waals surface area (Å²) in [7, 11) is 0. The van der Waals surface area contributed by atoms with Crippen molar-refractivity contribution >= 4 is 29.1 Å². The summed E-state index contributed by atoms with van der Waals surface area (Å²) in [5.41, 5.74) is 1.09. The molecule has 0 unspecified atom stereocenters. The standard InChI is InChI=1S/C23H27N3O4S/c1-2-3-8-26-22(28)17-7-6-16(14-18(17)23(26)29)21(27)24-15-19(20-5-4-13-31-20)25-9-11-30-12-10-25/h4-7,13-14,19H,2-3,8-12,15H2,1H3,(H,24,27)/t19-/m0/s1. The van der Waals surface area contributed by atoms with Crippen LogP contribution in [0.5, 0.6) is 0 Å². The van der Waals surface area contributed by atoms with Gasteiger partial charge in [-0.2, -0.15) is 0 Å². The van der Waals surface area contributed by atoms with E-state index in [0.717, 1.165) is 25.9 Å². The van der Waals surface area contributed by atoms with E-state index in [0.29, 0.717) is 43.0 Å². The highest BCUT2D eigenvalue weighted by atomic mass is 32.1. The maximum atomic E-state index is 12.9. The van der Waals surface area contributed by atoms with Gasteiger partial charge in [-0.1, -0.05) is 19.4 Å². The van der Waals surface area contributed by atoms with Crippen LogP contribution in [0.4, 0.5) is 0 Å². The van der Waals surface area contributed by atoms with E-state index in [-0.39, 0.29) is 23.8 Å². The lowest BCUT2D eigenvalue weighted by Gasteiger charge is -2.34. The van der Waals surface area contributed by atoms with Gasteiger partial charge < -0.3 is 10.1 Å². The number of ether oxygens (including phenoxy) is 1. The van der Waals surface area contributed by atoms with E-state index in [4.69, 9.17) is 4.74 Å². The Bertz CT molecular complexity index is 954. The second-order valence-electron chi connectivity index (χ2n) is 7.77. The van der Waals surface area contributed by atoms with Crippen molar-refractivity contribution in [1.82, 2.24) is 15.1 Å². The van der Waals surface area contributed by atoms with Crippen molar-refractivity contribution in [3.05, 3.63) is 57.3 Å². The average Bonchev–Trinajstić information content (AvgIpc) is 3.41. The summed E-state index contributed by atoms with van der Waals surface area (Å²) in [4.78, 5) is 42.9. The van der Waals surface area contributed by atoms with Crippen LogP contribution in [0.1, 0.15) is 61.8 Å². The van der Waals surface area contributed by atoms with Crippen LogP contribution < -0.4 is 5.32 Å². The molecule has 0 aliphatic carbocycles. The second-order valence-corrected chi connectivity index (χ2v) is 8.74. The lowest BCUT2D eigenvalue weighted by Crippen LogP contribution is -2.43. The number of hydrogen-bond acceptors (Lipinski definition) is 6. The molecule has 8 heteroatoms. The highest BCUT2D eigenvalue weighted by molar-refractivity contribution is 7.10. The molecule has 2 aliphatic heterocycles. The number of thiophene rings is 1. The van der Waals surface area contributed by atoms with Gasteiger partial charge in [-0.25, -0.2) is 0 Å². The molecule has 1 aromatic carbocycles. The van der Waals surface area contributed by atoms with E-state index in [1.165, 1.54) is 9.78 Å². The molecule has 0 saturated carbocycles. The zero-order valence-corrected chi connectivity index (χ0v) is 18.5. The summed E-state index contributed by atoms with van der Waals surface area (Å²) in [6.07, 6.45) is 1.67. The molecule has 0 radical (unpaired) electrons. The van der Waals surface area contributed by atoms with Gasteiger partial charge in [0.1, 0.15) is 0 Å². The van der Waals surface area contributed by atoms with Crippen LogP contribution >= 0.6 is 11.3 Å². The fraction of sp³-hybridized carbons (Fsp3) is 0.435. The third-order valence-corrected chi connectivity index (χ3v) is 6.76. The van der Waals surface area contributed by atoms with Gasteiger partial charge >= 0.3 is 0 Å². The van der Waals surface area contributed by atoms with Gasteiger partial charge in [-0.15, -0.1) is 11.3 Å². The Hall–Kier alpha value is -2.55. The summed E-state index contributed by atoms with van der Waals surface area (Å²) in [6.45, 7) is 5.90. The smallest absolute Gasteiger partial charge is 0.261 e. The third-order valence-electron chi connectivity index (χ3n) is 5.78. The molecule has 7 nitrogen and oxygen atoms in total. The minimum Gasteiger partial charge on any atom is -0.379 e. The largest absolute Gasteiger partial charge is 0.379 e. The number of carbonyl (C=O) groups is 3. The van der Waals surface area contributed by atoms with E-state index in [9.17, 15) is 14.4 Å². The highest BCUT2D eigenvalue weighted by Gasteiger charge is 2.35. The van der Waals surface area contributed by atoms with Gasteiger partial charge in [-0.3, -0.25) is 24.2 Å². The summed E-state index contributed by atoms with van der Waals surface area (Å²) < 4.78 is 5.47. The summed E-state index contributed by atoms with van der Waals surface area (Å²) in [5, 5.41) is 5.06. The molecule has 31 heavy (non-hydrogen) atoms. The molecule has 1 aromatic heterocycles. The van der Waals surface area contributed by atoms with Gasteiger partial charge in [0.25, 0.3) is 17.7 Å². The number of nitrogens with zero attached hydrogens (tertiary/aromatic N) is 2. The molecule has 4 rings (SSSR count). The van der Waals surface area contributed by atoms with E-state index in [2.05, 4.69) is 16.3 Å². The Kier molecular flexibility index (Phi) is 6.80. The first-order valence-electron chi connectivity index (χ1n) is 10.7. The molecule has 1 atom stereocenters. The first-order chi connectivity index (χ1) is 15.1. The molecule has 1 fully saturated rings. The van der Waals surface area contributed by atoms with E-state index >= 15 is 0 Å². The molecule has 1 N–H and O–H groups in total. The van der Waals surface area contributed by atoms with E-state index in [1.807, 2.05) is 18.4 Å². The van der Waals surface area contributed by atoms with Crippen LogP contribution in [0.25, 0.3) is 0 Å². The molecular weight excluding hydrogens is 414 g/mol. The first kappa shape index (κ1) is 21.7. The predicted octanol–water partition coefficient (Wildman–Crippen LogP) is 2.95. The van der Waals surface area contributed by atoms with Crippen molar-refractivity contribution in [3.63, 3.8) is 0 Å². The average molecular weight is 442 g/mol. The fourth-order valence-electron chi connectivity index (χ4n) is 4.02. The maximum Gasteiger partial charge on any atom is 0.261 e. The molecule has 0 spiro atoms. The molecule has 0 bridgehead atoms. The Balaban J connectivity index is 1.46. The predicted molar refractivity (Wildman–Crippen MR) is 119 cm³/mol.